The molecule has 4 rings (SSSR count). The summed E-state index contributed by atoms with van der Waals surface area (Å²) in [4.78, 5) is 20.4. The number of aliphatic hydroxyl groups excluding tert-OH is 1. The molecule has 158 valence electrons. The van der Waals surface area contributed by atoms with E-state index in [1.807, 2.05) is 48.5 Å². The predicted molar refractivity (Wildman–Crippen MR) is 122 cm³/mol. The van der Waals surface area contributed by atoms with Crippen LogP contribution in [0.25, 0.3) is 10.2 Å². The molecule has 8 heteroatoms. The van der Waals surface area contributed by atoms with Crippen LogP contribution in [0.2, 0.25) is 0 Å². The molecule has 0 aliphatic heterocycles. The van der Waals surface area contributed by atoms with Gasteiger partial charge in [-0.3, -0.25) is 9.78 Å². The number of hydrogen-bond donors (Lipinski definition) is 3. The standard InChI is InChI=1S/C23H22N4O3S/c1-24-22(29)20-12-18(9-10-25-20)30-17-7-8-19-21(13-17)31-23(27-19)26-16(14-28)11-15-5-3-2-4-6-15/h2-10,12-13,16,28H,11,14H2,1H3,(H,24,29)(H,26,27)/t16-/m0/s1. The van der Waals surface area contributed by atoms with Crippen molar-refractivity contribution < 1.29 is 14.6 Å². The number of thiazole rings is 1. The average molecular weight is 435 g/mol. The number of nitrogens with zero attached hydrogens (tertiary/aromatic N) is 2. The summed E-state index contributed by atoms with van der Waals surface area (Å²) in [5, 5.41) is 16.4. The van der Waals surface area contributed by atoms with Crippen LogP contribution in [0, 0.1) is 0 Å². The minimum atomic E-state index is -0.270. The lowest BCUT2D eigenvalue weighted by molar-refractivity contribution is 0.0958. The van der Waals surface area contributed by atoms with Crippen LogP contribution in [0.4, 0.5) is 5.13 Å². The Bertz CT molecular complexity index is 1180. The molecule has 0 radical (unpaired) electrons. The summed E-state index contributed by atoms with van der Waals surface area (Å²) in [6.45, 7) is 0.00882. The molecule has 0 fully saturated rings. The van der Waals surface area contributed by atoms with Gasteiger partial charge in [0.25, 0.3) is 5.91 Å². The minimum absolute atomic E-state index is 0.00882. The molecule has 0 aliphatic carbocycles. The highest BCUT2D eigenvalue weighted by Gasteiger charge is 2.13. The topological polar surface area (TPSA) is 96.4 Å². The van der Waals surface area contributed by atoms with Crippen molar-refractivity contribution in [3.8, 4) is 11.5 Å². The highest BCUT2D eigenvalue weighted by Crippen LogP contribution is 2.31. The molecule has 2 heterocycles. The fourth-order valence-electron chi connectivity index (χ4n) is 3.13. The smallest absolute Gasteiger partial charge is 0.269 e. The van der Waals surface area contributed by atoms with E-state index < -0.39 is 0 Å². The molecule has 4 aromatic rings. The summed E-state index contributed by atoms with van der Waals surface area (Å²) in [6.07, 6.45) is 2.24. The van der Waals surface area contributed by atoms with Crippen molar-refractivity contribution in [3.05, 3.63) is 78.1 Å². The van der Waals surface area contributed by atoms with Crippen LogP contribution in [-0.4, -0.2) is 40.7 Å². The van der Waals surface area contributed by atoms with Crippen LogP contribution < -0.4 is 15.4 Å². The fraction of sp³-hybridized carbons (Fsp3) is 0.174. The maximum absolute atomic E-state index is 11.8. The normalized spacial score (nSPS) is 11.8. The zero-order valence-electron chi connectivity index (χ0n) is 16.9. The van der Waals surface area contributed by atoms with Gasteiger partial charge >= 0.3 is 0 Å². The third kappa shape index (κ3) is 5.17. The third-order valence-corrected chi connectivity index (χ3v) is 5.61. The van der Waals surface area contributed by atoms with E-state index in [0.29, 0.717) is 23.6 Å². The van der Waals surface area contributed by atoms with Gasteiger partial charge in [-0.2, -0.15) is 0 Å². The van der Waals surface area contributed by atoms with Gasteiger partial charge < -0.3 is 20.5 Å². The van der Waals surface area contributed by atoms with E-state index in [1.54, 1.807) is 19.2 Å². The van der Waals surface area contributed by atoms with Crippen LogP contribution >= 0.6 is 11.3 Å². The molecule has 1 amide bonds. The second-order valence-electron chi connectivity index (χ2n) is 6.92. The fourth-order valence-corrected chi connectivity index (χ4v) is 4.10. The first-order valence-electron chi connectivity index (χ1n) is 9.82. The Labute approximate surface area is 183 Å². The molecule has 0 aliphatic rings. The lowest BCUT2D eigenvalue weighted by Gasteiger charge is -2.15. The number of aliphatic hydroxyl groups is 1. The third-order valence-electron chi connectivity index (χ3n) is 4.66. The second kappa shape index (κ2) is 9.55. The molecule has 2 aromatic heterocycles. The van der Waals surface area contributed by atoms with E-state index >= 15 is 0 Å². The summed E-state index contributed by atoms with van der Waals surface area (Å²) in [5.41, 5.74) is 2.29. The van der Waals surface area contributed by atoms with E-state index in [-0.39, 0.29) is 18.6 Å². The Hall–Kier alpha value is -3.49. The monoisotopic (exact) mass is 434 g/mol. The van der Waals surface area contributed by atoms with Gasteiger partial charge in [-0.05, 0) is 30.2 Å². The number of nitrogens with one attached hydrogen (secondary N) is 2. The summed E-state index contributed by atoms with van der Waals surface area (Å²) in [6, 6.07) is 18.8. The largest absolute Gasteiger partial charge is 0.457 e. The summed E-state index contributed by atoms with van der Waals surface area (Å²) in [5.74, 6) is 0.895. The van der Waals surface area contributed by atoms with E-state index in [9.17, 15) is 9.90 Å². The zero-order valence-corrected chi connectivity index (χ0v) is 17.7. The van der Waals surface area contributed by atoms with E-state index in [1.165, 1.54) is 17.5 Å². The molecule has 7 nitrogen and oxygen atoms in total. The molecule has 3 N–H and O–H groups in total. The quantitative estimate of drug-likeness (QED) is 0.390. The highest BCUT2D eigenvalue weighted by atomic mass is 32.1. The van der Waals surface area contributed by atoms with Gasteiger partial charge in [0.05, 0.1) is 22.9 Å². The van der Waals surface area contributed by atoms with Gasteiger partial charge in [-0.1, -0.05) is 41.7 Å². The van der Waals surface area contributed by atoms with Crippen molar-refractivity contribution >= 4 is 32.6 Å². The maximum Gasteiger partial charge on any atom is 0.269 e. The Morgan fingerprint density at radius 3 is 2.71 bits per heavy atom. The van der Waals surface area contributed by atoms with Crippen molar-refractivity contribution in [1.82, 2.24) is 15.3 Å². The van der Waals surface area contributed by atoms with Gasteiger partial charge in [0.2, 0.25) is 0 Å². The number of aromatic nitrogens is 2. The lowest BCUT2D eigenvalue weighted by Crippen LogP contribution is -2.26. The highest BCUT2D eigenvalue weighted by molar-refractivity contribution is 7.22. The number of hydrogen-bond acceptors (Lipinski definition) is 7. The molecule has 0 bridgehead atoms. The van der Waals surface area contributed by atoms with Crippen LogP contribution in [-0.2, 0) is 6.42 Å². The number of carbonyl (C=O) groups excluding carboxylic acids is 1. The van der Waals surface area contributed by atoms with Crippen molar-refractivity contribution in [2.24, 2.45) is 0 Å². The molecule has 2 aromatic carbocycles. The van der Waals surface area contributed by atoms with Crippen molar-refractivity contribution in [1.29, 1.82) is 0 Å². The van der Waals surface area contributed by atoms with E-state index in [0.717, 1.165) is 20.9 Å². The first-order valence-corrected chi connectivity index (χ1v) is 10.6. The number of pyridine rings is 1. The number of benzene rings is 2. The molecule has 0 saturated carbocycles. The van der Waals surface area contributed by atoms with Crippen LogP contribution in [0.5, 0.6) is 11.5 Å². The number of carbonyl (C=O) groups is 1. The Morgan fingerprint density at radius 1 is 1.13 bits per heavy atom. The number of ether oxygens (including phenoxy) is 1. The van der Waals surface area contributed by atoms with E-state index in [4.69, 9.17) is 4.74 Å². The summed E-state index contributed by atoms with van der Waals surface area (Å²) < 4.78 is 6.87. The Morgan fingerprint density at radius 2 is 1.94 bits per heavy atom. The average Bonchev–Trinajstić information content (AvgIpc) is 3.20. The summed E-state index contributed by atoms with van der Waals surface area (Å²) >= 11 is 1.50. The van der Waals surface area contributed by atoms with Crippen LogP contribution in [0.1, 0.15) is 16.1 Å². The first kappa shape index (κ1) is 20.8. The number of anilines is 1. The molecule has 0 spiro atoms. The molecule has 0 unspecified atom stereocenters. The zero-order chi connectivity index (χ0) is 21.6. The molecule has 0 saturated heterocycles. The molecular formula is C23H22N4O3S. The second-order valence-corrected chi connectivity index (χ2v) is 7.95. The number of amides is 1. The van der Waals surface area contributed by atoms with E-state index in [2.05, 4.69) is 20.6 Å². The Balaban J connectivity index is 1.48. The molecule has 1 atom stereocenters. The van der Waals surface area contributed by atoms with Crippen molar-refractivity contribution in [2.75, 3.05) is 19.0 Å². The van der Waals surface area contributed by atoms with Gasteiger partial charge in [0.1, 0.15) is 17.2 Å². The first-order chi connectivity index (χ1) is 15.1. The van der Waals surface area contributed by atoms with Gasteiger partial charge in [-0.25, -0.2) is 4.98 Å². The number of fused-ring (bicyclic) bond motifs is 1. The Kier molecular flexibility index (Phi) is 6.40. The van der Waals surface area contributed by atoms with Crippen molar-refractivity contribution in [2.45, 2.75) is 12.5 Å². The number of rotatable bonds is 8. The molecule has 31 heavy (non-hydrogen) atoms. The summed E-state index contributed by atoms with van der Waals surface area (Å²) in [7, 11) is 1.56. The predicted octanol–water partition coefficient (Wildman–Crippen LogP) is 3.86. The molecular weight excluding hydrogens is 412 g/mol. The van der Waals surface area contributed by atoms with Crippen LogP contribution in [0.15, 0.2) is 66.9 Å². The van der Waals surface area contributed by atoms with Crippen LogP contribution in [0.3, 0.4) is 0 Å². The maximum atomic E-state index is 11.8. The SMILES string of the molecule is CNC(=O)c1cc(Oc2ccc3nc(N[C@H](CO)Cc4ccccc4)sc3c2)ccn1. The van der Waals surface area contributed by atoms with Gasteiger partial charge in [-0.15, -0.1) is 0 Å². The van der Waals surface area contributed by atoms with Crippen molar-refractivity contribution in [3.63, 3.8) is 0 Å². The van der Waals surface area contributed by atoms with Gasteiger partial charge in [0.15, 0.2) is 5.13 Å². The van der Waals surface area contributed by atoms with Gasteiger partial charge in [0, 0.05) is 25.4 Å². The lowest BCUT2D eigenvalue weighted by atomic mass is 10.1. The minimum Gasteiger partial charge on any atom is -0.457 e.